The van der Waals surface area contributed by atoms with Crippen molar-refractivity contribution in [1.29, 1.82) is 0 Å². The molecule has 1 aromatic carbocycles. The summed E-state index contributed by atoms with van der Waals surface area (Å²) in [6.07, 6.45) is -5.89. The number of rotatable bonds is 8. The number of nitrogens with zero attached hydrogens (tertiary/aromatic N) is 2. The second kappa shape index (κ2) is 9.97. The van der Waals surface area contributed by atoms with Gasteiger partial charge in [-0.3, -0.25) is 14.9 Å². The first kappa shape index (κ1) is 24.8. The number of nitro benzene ring substituents is 1. The number of alkyl halides is 5. The van der Waals surface area contributed by atoms with Crippen LogP contribution in [0, 0.1) is 10.1 Å². The van der Waals surface area contributed by atoms with Gasteiger partial charge in [-0.15, -0.1) is 23.2 Å². The predicted molar refractivity (Wildman–Crippen MR) is 100 cm³/mol. The Morgan fingerprint density at radius 3 is 2.21 bits per heavy atom. The van der Waals surface area contributed by atoms with Crippen molar-refractivity contribution < 1.29 is 32.4 Å². The summed E-state index contributed by atoms with van der Waals surface area (Å²) in [7, 11) is 0. The van der Waals surface area contributed by atoms with Crippen LogP contribution in [0.2, 0.25) is 0 Å². The molecule has 0 unspecified atom stereocenters. The minimum absolute atomic E-state index is 0.0988. The van der Waals surface area contributed by atoms with Gasteiger partial charge in [-0.25, -0.2) is 4.79 Å². The standard InChI is InChI=1S/C16H18Cl2F3N3O5/c1-15(2,29-14(26)23(7-5-17)8-6-18)13(25)22-10-3-4-12(24(27)28)11(9-10)16(19,20)21/h3-4,9H,5-8H2,1-2H3,(H,22,25). The molecule has 8 nitrogen and oxygen atoms in total. The van der Waals surface area contributed by atoms with E-state index in [0.717, 1.165) is 6.07 Å². The van der Waals surface area contributed by atoms with Crippen LogP contribution in [0.3, 0.4) is 0 Å². The molecule has 0 aliphatic carbocycles. The van der Waals surface area contributed by atoms with Crippen molar-refractivity contribution in [1.82, 2.24) is 4.90 Å². The summed E-state index contributed by atoms with van der Waals surface area (Å²) in [5, 5.41) is 12.9. The first-order chi connectivity index (χ1) is 13.3. The lowest BCUT2D eigenvalue weighted by Gasteiger charge is -2.28. The van der Waals surface area contributed by atoms with E-state index < -0.39 is 40.0 Å². The van der Waals surface area contributed by atoms with Crippen LogP contribution in [0.1, 0.15) is 19.4 Å². The van der Waals surface area contributed by atoms with E-state index >= 15 is 0 Å². The van der Waals surface area contributed by atoms with Gasteiger partial charge in [-0.2, -0.15) is 13.2 Å². The highest BCUT2D eigenvalue weighted by Crippen LogP contribution is 2.37. The summed E-state index contributed by atoms with van der Waals surface area (Å²) in [6, 6.07) is 2.00. The molecule has 13 heteroatoms. The quantitative estimate of drug-likeness (QED) is 0.355. The van der Waals surface area contributed by atoms with E-state index in [2.05, 4.69) is 5.32 Å². The van der Waals surface area contributed by atoms with Crippen molar-refractivity contribution in [2.75, 3.05) is 30.2 Å². The zero-order chi connectivity index (χ0) is 22.4. The van der Waals surface area contributed by atoms with Gasteiger partial charge in [0.2, 0.25) is 0 Å². The van der Waals surface area contributed by atoms with Crippen molar-refractivity contribution >= 4 is 46.6 Å². The fourth-order valence-electron chi connectivity index (χ4n) is 2.11. The minimum atomic E-state index is -5.01. The second-order valence-electron chi connectivity index (χ2n) is 6.18. The number of hydrogen-bond acceptors (Lipinski definition) is 5. The predicted octanol–water partition coefficient (Wildman–Crippen LogP) is 4.25. The average molecular weight is 460 g/mol. The molecule has 1 aromatic rings. The molecule has 2 amide bonds. The Balaban J connectivity index is 3.01. The summed E-state index contributed by atoms with van der Waals surface area (Å²) in [5.74, 6) is -0.743. The molecule has 0 radical (unpaired) electrons. The number of anilines is 1. The van der Waals surface area contributed by atoms with Crippen LogP contribution in [-0.2, 0) is 15.7 Å². The maximum absolute atomic E-state index is 13.1. The molecule has 1 rings (SSSR count). The molecule has 0 aliphatic rings. The number of nitrogens with one attached hydrogen (secondary N) is 1. The van der Waals surface area contributed by atoms with Crippen LogP contribution in [-0.4, -0.2) is 52.3 Å². The van der Waals surface area contributed by atoms with E-state index in [1.54, 1.807) is 0 Å². The van der Waals surface area contributed by atoms with Gasteiger partial charge in [0.25, 0.3) is 11.6 Å². The lowest BCUT2D eigenvalue weighted by molar-refractivity contribution is -0.388. The molecule has 0 heterocycles. The van der Waals surface area contributed by atoms with Crippen LogP contribution in [0.5, 0.6) is 0 Å². The first-order valence-electron chi connectivity index (χ1n) is 8.10. The molecule has 0 spiro atoms. The number of hydrogen-bond donors (Lipinski definition) is 1. The van der Waals surface area contributed by atoms with E-state index in [1.807, 2.05) is 0 Å². The van der Waals surface area contributed by atoms with Crippen LogP contribution in [0.25, 0.3) is 0 Å². The lowest BCUT2D eigenvalue weighted by atomic mass is 10.1. The minimum Gasteiger partial charge on any atom is -0.433 e. The molecule has 0 bridgehead atoms. The van der Waals surface area contributed by atoms with Crippen LogP contribution >= 0.6 is 23.2 Å². The van der Waals surface area contributed by atoms with Gasteiger partial charge in [-0.1, -0.05) is 0 Å². The van der Waals surface area contributed by atoms with Gasteiger partial charge in [0.15, 0.2) is 5.60 Å². The van der Waals surface area contributed by atoms with Crippen molar-refractivity contribution in [3.05, 3.63) is 33.9 Å². The lowest BCUT2D eigenvalue weighted by Crippen LogP contribution is -2.46. The third kappa shape index (κ3) is 6.93. The Morgan fingerprint density at radius 1 is 1.21 bits per heavy atom. The van der Waals surface area contributed by atoms with E-state index in [1.165, 1.54) is 18.7 Å². The maximum atomic E-state index is 13.1. The Hall–Kier alpha value is -2.27. The molecule has 0 aliphatic heterocycles. The van der Waals surface area contributed by atoms with Gasteiger partial charge < -0.3 is 15.0 Å². The molecule has 0 saturated carbocycles. The number of carbonyl (C=O) groups excluding carboxylic acids is 2. The number of carbonyl (C=O) groups is 2. The Bertz CT molecular complexity index is 769. The van der Waals surface area contributed by atoms with Crippen molar-refractivity contribution in [3.8, 4) is 0 Å². The van der Waals surface area contributed by atoms with Gasteiger partial charge >= 0.3 is 12.3 Å². The molecule has 1 N–H and O–H groups in total. The number of nitro groups is 1. The third-order valence-electron chi connectivity index (χ3n) is 3.61. The van der Waals surface area contributed by atoms with Gasteiger partial charge in [0.05, 0.1) is 4.92 Å². The second-order valence-corrected chi connectivity index (χ2v) is 6.94. The normalized spacial score (nSPS) is 11.7. The fourth-order valence-corrected chi connectivity index (χ4v) is 2.52. The Labute approximate surface area is 174 Å². The molecular formula is C16H18Cl2F3N3O5. The van der Waals surface area contributed by atoms with Crippen molar-refractivity contribution in [3.63, 3.8) is 0 Å². The van der Waals surface area contributed by atoms with Gasteiger partial charge in [0, 0.05) is 36.6 Å². The van der Waals surface area contributed by atoms with E-state index in [0.29, 0.717) is 12.1 Å². The molecule has 0 atom stereocenters. The number of halogens is 5. The first-order valence-corrected chi connectivity index (χ1v) is 9.17. The number of amides is 2. The van der Waals surface area contributed by atoms with E-state index in [9.17, 15) is 32.9 Å². The van der Waals surface area contributed by atoms with Crippen molar-refractivity contribution in [2.24, 2.45) is 0 Å². The van der Waals surface area contributed by atoms with Crippen LogP contribution < -0.4 is 5.32 Å². The molecule has 162 valence electrons. The van der Waals surface area contributed by atoms with E-state index in [4.69, 9.17) is 27.9 Å². The molecule has 0 fully saturated rings. The highest BCUT2D eigenvalue weighted by atomic mass is 35.5. The summed E-state index contributed by atoms with van der Waals surface area (Å²) in [6.45, 7) is 2.69. The molecule has 0 aromatic heterocycles. The maximum Gasteiger partial charge on any atom is 0.423 e. The number of benzene rings is 1. The van der Waals surface area contributed by atoms with Gasteiger partial charge in [-0.05, 0) is 26.0 Å². The number of ether oxygens (including phenoxy) is 1. The largest absolute Gasteiger partial charge is 0.433 e. The Morgan fingerprint density at radius 2 is 1.76 bits per heavy atom. The topological polar surface area (TPSA) is 102 Å². The SMILES string of the molecule is CC(C)(OC(=O)N(CCCl)CCCl)C(=O)Nc1ccc([N+](=O)[O-])c(C(F)(F)F)c1. The summed E-state index contributed by atoms with van der Waals surface area (Å²) < 4.78 is 44.3. The van der Waals surface area contributed by atoms with Crippen LogP contribution in [0.4, 0.5) is 29.3 Å². The van der Waals surface area contributed by atoms with E-state index in [-0.39, 0.29) is 30.5 Å². The summed E-state index contributed by atoms with van der Waals surface area (Å²) in [4.78, 5) is 35.4. The molecular weight excluding hydrogens is 442 g/mol. The monoisotopic (exact) mass is 459 g/mol. The zero-order valence-corrected chi connectivity index (χ0v) is 16.9. The Kier molecular flexibility index (Phi) is 8.51. The van der Waals surface area contributed by atoms with Crippen molar-refractivity contribution in [2.45, 2.75) is 25.6 Å². The molecule has 29 heavy (non-hydrogen) atoms. The highest BCUT2D eigenvalue weighted by Gasteiger charge is 2.39. The van der Waals surface area contributed by atoms with Gasteiger partial charge in [0.1, 0.15) is 5.56 Å². The summed E-state index contributed by atoms with van der Waals surface area (Å²) in [5.41, 5.74) is -4.80. The summed E-state index contributed by atoms with van der Waals surface area (Å²) >= 11 is 11.2. The highest BCUT2D eigenvalue weighted by molar-refractivity contribution is 6.18. The zero-order valence-electron chi connectivity index (χ0n) is 15.4. The molecule has 0 saturated heterocycles. The third-order valence-corrected chi connectivity index (χ3v) is 3.95. The fraction of sp³-hybridized carbons (Fsp3) is 0.500. The smallest absolute Gasteiger partial charge is 0.423 e. The average Bonchev–Trinajstić information content (AvgIpc) is 2.60. The van der Waals surface area contributed by atoms with Crippen LogP contribution in [0.15, 0.2) is 18.2 Å².